The summed E-state index contributed by atoms with van der Waals surface area (Å²) in [5.74, 6) is 0.565. The van der Waals surface area contributed by atoms with Gasteiger partial charge in [0.25, 0.3) is 5.91 Å². The van der Waals surface area contributed by atoms with Crippen LogP contribution >= 0.6 is 11.6 Å². The monoisotopic (exact) mass is 318 g/mol. The van der Waals surface area contributed by atoms with Crippen LogP contribution in [0.2, 0.25) is 5.02 Å². The van der Waals surface area contributed by atoms with Gasteiger partial charge < -0.3 is 10.6 Å². The van der Waals surface area contributed by atoms with E-state index in [1.165, 1.54) is 0 Å². The Bertz CT molecular complexity index is 673. The average Bonchev–Trinajstić information content (AvgIpc) is 2.48. The highest BCUT2D eigenvalue weighted by Crippen LogP contribution is 2.21. The maximum absolute atomic E-state index is 12.0. The van der Waals surface area contributed by atoms with Gasteiger partial charge in [0.15, 0.2) is 0 Å². The Balaban J connectivity index is 2.12. The van der Waals surface area contributed by atoms with Crippen LogP contribution in [0, 0.1) is 12.8 Å². The lowest BCUT2D eigenvalue weighted by molar-refractivity contribution is 0.0944. The first kappa shape index (κ1) is 16.2. The fourth-order valence-corrected chi connectivity index (χ4v) is 2.05. The van der Waals surface area contributed by atoms with Crippen LogP contribution < -0.4 is 10.6 Å². The standard InChI is InChI=1S/C16H19ClN4O/c1-10(2)9-19-15(22)14-6-7-18-16(21-14)20-13-5-4-12(17)8-11(13)3/h4-8,10H,9H2,1-3H3,(H,19,22)(H,18,20,21). The summed E-state index contributed by atoms with van der Waals surface area (Å²) in [6.07, 6.45) is 1.56. The van der Waals surface area contributed by atoms with Crippen LogP contribution in [0.1, 0.15) is 29.9 Å². The molecule has 2 N–H and O–H groups in total. The zero-order valence-corrected chi connectivity index (χ0v) is 13.6. The molecule has 0 aliphatic carbocycles. The molecule has 2 rings (SSSR count). The summed E-state index contributed by atoms with van der Waals surface area (Å²) in [5, 5.41) is 6.60. The van der Waals surface area contributed by atoms with Gasteiger partial charge in [-0.2, -0.15) is 0 Å². The number of hydrogen-bond donors (Lipinski definition) is 2. The Morgan fingerprint density at radius 3 is 2.77 bits per heavy atom. The van der Waals surface area contributed by atoms with E-state index in [0.717, 1.165) is 11.3 Å². The molecule has 1 aromatic heterocycles. The van der Waals surface area contributed by atoms with E-state index < -0.39 is 0 Å². The molecule has 22 heavy (non-hydrogen) atoms. The van der Waals surface area contributed by atoms with E-state index in [4.69, 9.17) is 11.6 Å². The number of aryl methyl sites for hydroxylation is 1. The second-order valence-corrected chi connectivity index (χ2v) is 5.89. The van der Waals surface area contributed by atoms with Crippen LogP contribution in [0.4, 0.5) is 11.6 Å². The molecule has 2 aromatic rings. The van der Waals surface area contributed by atoms with Crippen molar-refractivity contribution >= 4 is 29.1 Å². The summed E-state index contributed by atoms with van der Waals surface area (Å²) in [6.45, 7) is 6.63. The quantitative estimate of drug-likeness (QED) is 0.884. The number of aromatic nitrogens is 2. The number of halogens is 1. The summed E-state index contributed by atoms with van der Waals surface area (Å²) < 4.78 is 0. The molecule has 1 heterocycles. The fourth-order valence-electron chi connectivity index (χ4n) is 1.82. The van der Waals surface area contributed by atoms with E-state index in [1.54, 1.807) is 18.3 Å². The van der Waals surface area contributed by atoms with Crippen LogP contribution in [0.5, 0.6) is 0 Å². The van der Waals surface area contributed by atoms with Crippen molar-refractivity contribution in [2.24, 2.45) is 5.92 Å². The van der Waals surface area contributed by atoms with Crippen molar-refractivity contribution in [1.29, 1.82) is 0 Å². The summed E-state index contributed by atoms with van der Waals surface area (Å²) in [5.41, 5.74) is 2.17. The number of carbonyl (C=O) groups is 1. The Morgan fingerprint density at radius 1 is 1.32 bits per heavy atom. The normalized spacial score (nSPS) is 10.6. The minimum atomic E-state index is -0.202. The predicted molar refractivity (Wildman–Crippen MR) is 88.7 cm³/mol. The molecule has 5 nitrogen and oxygen atoms in total. The molecule has 0 saturated heterocycles. The van der Waals surface area contributed by atoms with E-state index in [2.05, 4.69) is 20.6 Å². The van der Waals surface area contributed by atoms with Gasteiger partial charge in [0, 0.05) is 23.5 Å². The van der Waals surface area contributed by atoms with Gasteiger partial charge in [0.2, 0.25) is 5.95 Å². The molecule has 0 saturated carbocycles. The molecular weight excluding hydrogens is 300 g/mol. The number of rotatable bonds is 5. The van der Waals surface area contributed by atoms with Gasteiger partial charge in [-0.3, -0.25) is 4.79 Å². The molecule has 1 aromatic carbocycles. The average molecular weight is 319 g/mol. The fraction of sp³-hybridized carbons (Fsp3) is 0.312. The van der Waals surface area contributed by atoms with Crippen LogP contribution in [-0.2, 0) is 0 Å². The second kappa shape index (κ2) is 7.22. The lowest BCUT2D eigenvalue weighted by Crippen LogP contribution is -2.28. The van der Waals surface area contributed by atoms with E-state index >= 15 is 0 Å². The molecule has 6 heteroatoms. The molecule has 1 amide bonds. The molecule has 0 aliphatic rings. The number of hydrogen-bond acceptors (Lipinski definition) is 4. The summed E-state index contributed by atoms with van der Waals surface area (Å²) in [4.78, 5) is 20.4. The van der Waals surface area contributed by atoms with Gasteiger partial charge >= 0.3 is 0 Å². The predicted octanol–water partition coefficient (Wildman–Crippen LogP) is 3.57. The zero-order valence-electron chi connectivity index (χ0n) is 12.9. The summed E-state index contributed by atoms with van der Waals surface area (Å²) in [6, 6.07) is 7.08. The maximum Gasteiger partial charge on any atom is 0.270 e. The van der Waals surface area contributed by atoms with Crippen molar-refractivity contribution in [3.8, 4) is 0 Å². The van der Waals surface area contributed by atoms with E-state index in [9.17, 15) is 4.79 Å². The largest absolute Gasteiger partial charge is 0.350 e. The molecule has 116 valence electrons. The molecule has 0 unspecified atom stereocenters. The molecular formula is C16H19ClN4O. The van der Waals surface area contributed by atoms with Gasteiger partial charge in [-0.25, -0.2) is 9.97 Å². The third-order valence-electron chi connectivity index (χ3n) is 2.99. The number of carbonyl (C=O) groups excluding carboxylic acids is 1. The molecule has 0 aliphatic heterocycles. The van der Waals surface area contributed by atoms with Crippen LogP contribution in [0.25, 0.3) is 0 Å². The minimum Gasteiger partial charge on any atom is -0.350 e. The van der Waals surface area contributed by atoms with E-state index in [1.807, 2.05) is 32.9 Å². The number of benzene rings is 1. The molecule has 0 fully saturated rings. The van der Waals surface area contributed by atoms with Crippen LogP contribution in [0.15, 0.2) is 30.5 Å². The van der Waals surface area contributed by atoms with Crippen molar-refractivity contribution in [3.05, 3.63) is 46.7 Å². The summed E-state index contributed by atoms with van der Waals surface area (Å²) in [7, 11) is 0. The van der Waals surface area contributed by atoms with Gasteiger partial charge in [0.1, 0.15) is 5.69 Å². The van der Waals surface area contributed by atoms with Gasteiger partial charge in [-0.15, -0.1) is 0 Å². The third-order valence-corrected chi connectivity index (χ3v) is 3.23. The number of amides is 1. The number of nitrogens with one attached hydrogen (secondary N) is 2. The van der Waals surface area contributed by atoms with E-state index in [-0.39, 0.29) is 5.91 Å². The topological polar surface area (TPSA) is 66.9 Å². The SMILES string of the molecule is Cc1cc(Cl)ccc1Nc1nccc(C(=O)NCC(C)C)n1. The molecule has 0 bridgehead atoms. The van der Waals surface area contributed by atoms with Crippen molar-refractivity contribution in [3.63, 3.8) is 0 Å². The maximum atomic E-state index is 12.0. The second-order valence-electron chi connectivity index (χ2n) is 5.45. The highest BCUT2D eigenvalue weighted by Gasteiger charge is 2.09. The van der Waals surface area contributed by atoms with Crippen molar-refractivity contribution < 1.29 is 4.79 Å². The lowest BCUT2D eigenvalue weighted by atomic mass is 10.2. The Kier molecular flexibility index (Phi) is 5.33. The van der Waals surface area contributed by atoms with Gasteiger partial charge in [-0.1, -0.05) is 25.4 Å². The Morgan fingerprint density at radius 2 is 2.09 bits per heavy atom. The smallest absolute Gasteiger partial charge is 0.270 e. The van der Waals surface area contributed by atoms with E-state index in [0.29, 0.717) is 29.1 Å². The first-order chi connectivity index (χ1) is 10.5. The van der Waals surface area contributed by atoms with Gasteiger partial charge in [-0.05, 0) is 42.7 Å². The highest BCUT2D eigenvalue weighted by molar-refractivity contribution is 6.30. The van der Waals surface area contributed by atoms with Crippen molar-refractivity contribution in [2.75, 3.05) is 11.9 Å². The summed E-state index contributed by atoms with van der Waals surface area (Å²) >= 11 is 5.94. The highest BCUT2D eigenvalue weighted by atomic mass is 35.5. The minimum absolute atomic E-state index is 0.202. The lowest BCUT2D eigenvalue weighted by Gasteiger charge is -2.10. The van der Waals surface area contributed by atoms with Crippen molar-refractivity contribution in [2.45, 2.75) is 20.8 Å². The molecule has 0 atom stereocenters. The first-order valence-corrected chi connectivity index (χ1v) is 7.48. The van der Waals surface area contributed by atoms with Crippen LogP contribution in [0.3, 0.4) is 0 Å². The Hall–Kier alpha value is -2.14. The Labute approximate surface area is 135 Å². The molecule has 0 radical (unpaired) electrons. The van der Waals surface area contributed by atoms with Crippen LogP contribution in [-0.4, -0.2) is 22.4 Å². The zero-order chi connectivity index (χ0) is 16.1. The van der Waals surface area contributed by atoms with Gasteiger partial charge in [0.05, 0.1) is 0 Å². The number of nitrogens with zero attached hydrogens (tertiary/aromatic N) is 2. The number of anilines is 2. The van der Waals surface area contributed by atoms with Crippen molar-refractivity contribution in [1.82, 2.24) is 15.3 Å². The molecule has 0 spiro atoms. The third kappa shape index (κ3) is 4.43. The first-order valence-electron chi connectivity index (χ1n) is 7.10.